The van der Waals surface area contributed by atoms with Gasteiger partial charge in [0, 0.05) is 12.0 Å². The number of halogens is 2. The number of carbonyl (C=O) groups is 2. The number of Topliss-reactive ketones (excluding diaryl/α,β-unsaturated/α-hetero) is 1. The lowest BCUT2D eigenvalue weighted by molar-refractivity contribution is -0.139. The molecule has 0 radical (unpaired) electrons. The van der Waals surface area contributed by atoms with E-state index in [1.807, 2.05) is 0 Å². The van der Waals surface area contributed by atoms with Crippen LogP contribution in [0.4, 0.5) is 4.39 Å². The molecule has 1 saturated carbocycles. The van der Waals surface area contributed by atoms with Crippen molar-refractivity contribution < 1.29 is 19.1 Å². The SMILES string of the molecule is O=C(O)CC1(CC(=O)c2ccc(Cl)c(F)c2)CCCC1. The molecule has 0 aliphatic heterocycles. The summed E-state index contributed by atoms with van der Waals surface area (Å²) in [7, 11) is 0. The second-order valence-electron chi connectivity index (χ2n) is 5.51. The lowest BCUT2D eigenvalue weighted by atomic mass is 9.77. The molecule has 0 spiro atoms. The van der Waals surface area contributed by atoms with Gasteiger partial charge in [0.15, 0.2) is 5.78 Å². The van der Waals surface area contributed by atoms with Crippen LogP contribution < -0.4 is 0 Å². The van der Waals surface area contributed by atoms with Gasteiger partial charge in [-0.25, -0.2) is 4.39 Å². The van der Waals surface area contributed by atoms with Crippen molar-refractivity contribution in [3.63, 3.8) is 0 Å². The maximum Gasteiger partial charge on any atom is 0.303 e. The molecule has 2 rings (SSSR count). The van der Waals surface area contributed by atoms with Crippen molar-refractivity contribution in [2.45, 2.75) is 38.5 Å². The summed E-state index contributed by atoms with van der Waals surface area (Å²) in [6, 6.07) is 3.95. The van der Waals surface area contributed by atoms with Crippen LogP contribution in [0.25, 0.3) is 0 Å². The van der Waals surface area contributed by atoms with Crippen molar-refractivity contribution in [1.29, 1.82) is 0 Å². The Morgan fingerprint density at radius 1 is 1.25 bits per heavy atom. The van der Waals surface area contributed by atoms with E-state index in [1.165, 1.54) is 12.1 Å². The fourth-order valence-corrected chi connectivity index (χ4v) is 3.09. The number of hydrogen-bond acceptors (Lipinski definition) is 2. The van der Waals surface area contributed by atoms with Gasteiger partial charge in [-0.2, -0.15) is 0 Å². The van der Waals surface area contributed by atoms with Gasteiger partial charge in [0.25, 0.3) is 0 Å². The fourth-order valence-electron chi connectivity index (χ4n) is 2.97. The third kappa shape index (κ3) is 3.37. The van der Waals surface area contributed by atoms with E-state index in [9.17, 15) is 14.0 Å². The molecule has 1 aromatic carbocycles. The summed E-state index contributed by atoms with van der Waals surface area (Å²) < 4.78 is 13.4. The molecule has 0 saturated heterocycles. The summed E-state index contributed by atoms with van der Waals surface area (Å²) >= 11 is 5.59. The normalized spacial score (nSPS) is 17.1. The highest BCUT2D eigenvalue weighted by Crippen LogP contribution is 2.44. The molecule has 1 aliphatic rings. The van der Waals surface area contributed by atoms with Gasteiger partial charge < -0.3 is 5.11 Å². The minimum Gasteiger partial charge on any atom is -0.481 e. The maximum atomic E-state index is 13.4. The molecule has 3 nitrogen and oxygen atoms in total. The van der Waals surface area contributed by atoms with Crippen LogP contribution >= 0.6 is 11.6 Å². The van der Waals surface area contributed by atoms with Gasteiger partial charge in [0.2, 0.25) is 0 Å². The quantitative estimate of drug-likeness (QED) is 0.833. The third-order valence-electron chi connectivity index (χ3n) is 3.97. The molecule has 0 atom stereocenters. The zero-order valence-electron chi connectivity index (χ0n) is 11.0. The van der Waals surface area contributed by atoms with E-state index >= 15 is 0 Å². The number of ketones is 1. The van der Waals surface area contributed by atoms with Crippen LogP contribution in [0.1, 0.15) is 48.9 Å². The maximum absolute atomic E-state index is 13.4. The second kappa shape index (κ2) is 5.92. The van der Waals surface area contributed by atoms with Gasteiger partial charge in [-0.1, -0.05) is 24.4 Å². The molecule has 0 heterocycles. The predicted octanol–water partition coefficient (Wildman–Crippen LogP) is 4.09. The first-order valence-corrected chi connectivity index (χ1v) is 7.00. The van der Waals surface area contributed by atoms with E-state index in [0.717, 1.165) is 31.7 Å². The molecular weight excluding hydrogens is 283 g/mol. The van der Waals surface area contributed by atoms with Crippen LogP contribution in [0.3, 0.4) is 0 Å². The summed E-state index contributed by atoms with van der Waals surface area (Å²) in [6.07, 6.45) is 3.50. The van der Waals surface area contributed by atoms with E-state index in [0.29, 0.717) is 0 Å². The predicted molar refractivity (Wildman–Crippen MR) is 73.5 cm³/mol. The molecule has 108 valence electrons. The summed E-state index contributed by atoms with van der Waals surface area (Å²) in [5, 5.41) is 8.99. The summed E-state index contributed by atoms with van der Waals surface area (Å²) in [4.78, 5) is 23.2. The Labute approximate surface area is 121 Å². The Hall–Kier alpha value is -1.42. The number of hydrogen-bond donors (Lipinski definition) is 1. The van der Waals surface area contributed by atoms with E-state index in [-0.39, 0.29) is 29.2 Å². The molecule has 20 heavy (non-hydrogen) atoms. The van der Waals surface area contributed by atoms with Crippen molar-refractivity contribution in [3.05, 3.63) is 34.6 Å². The minimum atomic E-state index is -0.887. The number of carboxylic acids is 1. The zero-order chi connectivity index (χ0) is 14.8. The highest BCUT2D eigenvalue weighted by atomic mass is 35.5. The van der Waals surface area contributed by atoms with Crippen LogP contribution in [-0.4, -0.2) is 16.9 Å². The standard InChI is InChI=1S/C15H16ClFO3/c16-11-4-3-10(7-12(11)17)13(18)8-15(9-14(19)20)5-1-2-6-15/h3-4,7H,1-2,5-6,8-9H2,(H,19,20). The van der Waals surface area contributed by atoms with Crippen molar-refractivity contribution in [2.24, 2.45) is 5.41 Å². The lowest BCUT2D eigenvalue weighted by Crippen LogP contribution is -2.24. The molecule has 0 bridgehead atoms. The molecule has 1 fully saturated rings. The zero-order valence-corrected chi connectivity index (χ0v) is 11.8. The lowest BCUT2D eigenvalue weighted by Gasteiger charge is -2.26. The van der Waals surface area contributed by atoms with Gasteiger partial charge in [0.05, 0.1) is 11.4 Å². The fraction of sp³-hybridized carbons (Fsp3) is 0.467. The summed E-state index contributed by atoms with van der Waals surface area (Å²) in [5.41, 5.74) is -0.220. The first-order chi connectivity index (χ1) is 9.42. The molecule has 0 aromatic heterocycles. The van der Waals surface area contributed by atoms with Gasteiger partial charge in [-0.3, -0.25) is 9.59 Å². The molecule has 1 aliphatic carbocycles. The van der Waals surface area contributed by atoms with Crippen molar-refractivity contribution in [1.82, 2.24) is 0 Å². The van der Waals surface area contributed by atoms with Crippen molar-refractivity contribution in [3.8, 4) is 0 Å². The third-order valence-corrected chi connectivity index (χ3v) is 4.27. The van der Waals surface area contributed by atoms with E-state index in [1.54, 1.807) is 0 Å². The van der Waals surface area contributed by atoms with Crippen molar-refractivity contribution in [2.75, 3.05) is 0 Å². The first-order valence-electron chi connectivity index (χ1n) is 6.62. The Morgan fingerprint density at radius 2 is 1.90 bits per heavy atom. The monoisotopic (exact) mass is 298 g/mol. The molecule has 1 aromatic rings. The molecule has 0 amide bonds. The highest BCUT2D eigenvalue weighted by molar-refractivity contribution is 6.30. The Morgan fingerprint density at radius 3 is 2.45 bits per heavy atom. The van der Waals surface area contributed by atoms with Crippen molar-refractivity contribution >= 4 is 23.4 Å². The van der Waals surface area contributed by atoms with Gasteiger partial charge in [0.1, 0.15) is 5.82 Å². The van der Waals surface area contributed by atoms with E-state index in [2.05, 4.69) is 0 Å². The van der Waals surface area contributed by atoms with Gasteiger partial charge in [-0.05, 0) is 36.5 Å². The van der Waals surface area contributed by atoms with Gasteiger partial charge in [-0.15, -0.1) is 0 Å². The molecular formula is C15H16ClFO3. The number of benzene rings is 1. The van der Waals surface area contributed by atoms with E-state index in [4.69, 9.17) is 16.7 Å². The largest absolute Gasteiger partial charge is 0.481 e. The minimum absolute atomic E-state index is 0.00515. The Kier molecular flexibility index (Phi) is 4.43. The molecule has 0 unspecified atom stereocenters. The highest BCUT2D eigenvalue weighted by Gasteiger charge is 2.38. The summed E-state index contributed by atoms with van der Waals surface area (Å²) in [6.45, 7) is 0. The number of rotatable bonds is 5. The number of aliphatic carboxylic acids is 1. The van der Waals surface area contributed by atoms with Gasteiger partial charge >= 0.3 is 5.97 Å². The van der Waals surface area contributed by atoms with Crippen LogP contribution in [0.15, 0.2) is 18.2 Å². The van der Waals surface area contributed by atoms with E-state index < -0.39 is 17.2 Å². The Balaban J connectivity index is 2.16. The molecule has 5 heteroatoms. The summed E-state index contributed by atoms with van der Waals surface area (Å²) in [5.74, 6) is -1.73. The van der Waals surface area contributed by atoms with Crippen LogP contribution in [0.5, 0.6) is 0 Å². The average Bonchev–Trinajstić information content (AvgIpc) is 2.79. The smallest absolute Gasteiger partial charge is 0.303 e. The first kappa shape index (κ1) is 15.0. The topological polar surface area (TPSA) is 54.4 Å². The number of carbonyl (C=O) groups excluding carboxylic acids is 1. The second-order valence-corrected chi connectivity index (χ2v) is 5.91. The average molecular weight is 299 g/mol. The Bertz CT molecular complexity index is 536. The number of carboxylic acid groups (broad SMARTS) is 1. The van der Waals surface area contributed by atoms with Crippen LogP contribution in [0.2, 0.25) is 5.02 Å². The van der Waals surface area contributed by atoms with Crippen LogP contribution in [-0.2, 0) is 4.79 Å². The molecule has 1 N–H and O–H groups in total. The van der Waals surface area contributed by atoms with Crippen LogP contribution in [0, 0.1) is 11.2 Å².